The Morgan fingerprint density at radius 2 is 2.22 bits per heavy atom. The van der Waals surface area contributed by atoms with Gasteiger partial charge in [-0.25, -0.2) is 4.39 Å². The topological polar surface area (TPSA) is 49.5 Å². The smallest absolute Gasteiger partial charge is 0.123 e. The van der Waals surface area contributed by atoms with Crippen molar-refractivity contribution in [1.29, 1.82) is 0 Å². The van der Waals surface area contributed by atoms with Crippen LogP contribution in [-0.2, 0) is 0 Å². The molecule has 0 aliphatic heterocycles. The van der Waals surface area contributed by atoms with Gasteiger partial charge in [-0.3, -0.25) is 4.90 Å². The van der Waals surface area contributed by atoms with Crippen molar-refractivity contribution in [3.05, 3.63) is 35.6 Å². The van der Waals surface area contributed by atoms with Crippen molar-refractivity contribution in [3.63, 3.8) is 0 Å². The van der Waals surface area contributed by atoms with E-state index >= 15 is 0 Å². The van der Waals surface area contributed by atoms with Crippen molar-refractivity contribution in [2.45, 2.75) is 31.3 Å². The number of halogens is 1. The second-order valence-corrected chi connectivity index (χ2v) is 4.85. The van der Waals surface area contributed by atoms with Crippen LogP contribution < -0.4 is 5.73 Å². The van der Waals surface area contributed by atoms with Crippen LogP contribution in [0.15, 0.2) is 24.3 Å². The lowest BCUT2D eigenvalue weighted by Gasteiger charge is -2.42. The lowest BCUT2D eigenvalue weighted by molar-refractivity contribution is 0.0622. The summed E-state index contributed by atoms with van der Waals surface area (Å²) in [6.45, 7) is 1.16. The van der Waals surface area contributed by atoms with E-state index in [4.69, 9.17) is 5.73 Å². The number of rotatable bonds is 6. The first kappa shape index (κ1) is 13.5. The minimum absolute atomic E-state index is 0.00171. The van der Waals surface area contributed by atoms with Crippen LogP contribution in [0.25, 0.3) is 0 Å². The summed E-state index contributed by atoms with van der Waals surface area (Å²) in [5.41, 5.74) is 6.76. The van der Waals surface area contributed by atoms with Crippen molar-refractivity contribution in [3.8, 4) is 0 Å². The Morgan fingerprint density at radius 3 is 2.72 bits per heavy atom. The highest BCUT2D eigenvalue weighted by Crippen LogP contribution is 2.31. The van der Waals surface area contributed by atoms with Crippen LogP contribution in [-0.4, -0.2) is 35.7 Å². The van der Waals surface area contributed by atoms with E-state index < -0.39 is 0 Å². The van der Waals surface area contributed by atoms with E-state index in [2.05, 4.69) is 4.90 Å². The summed E-state index contributed by atoms with van der Waals surface area (Å²) in [4.78, 5) is 2.22. The first-order valence-electron chi connectivity index (χ1n) is 6.58. The Hall–Kier alpha value is -0.970. The van der Waals surface area contributed by atoms with Crippen LogP contribution in [0, 0.1) is 5.82 Å². The monoisotopic (exact) mass is 252 g/mol. The van der Waals surface area contributed by atoms with Gasteiger partial charge in [-0.2, -0.15) is 0 Å². The van der Waals surface area contributed by atoms with Gasteiger partial charge in [-0.15, -0.1) is 0 Å². The zero-order valence-corrected chi connectivity index (χ0v) is 10.6. The average Bonchev–Trinajstić information content (AvgIpc) is 2.28. The third kappa shape index (κ3) is 2.88. The minimum atomic E-state index is -0.233. The molecule has 0 aromatic heterocycles. The van der Waals surface area contributed by atoms with Gasteiger partial charge in [0.2, 0.25) is 0 Å². The maximum atomic E-state index is 13.3. The van der Waals surface area contributed by atoms with Crippen LogP contribution >= 0.6 is 0 Å². The fourth-order valence-electron chi connectivity index (χ4n) is 2.60. The third-order valence-electron chi connectivity index (χ3n) is 3.76. The van der Waals surface area contributed by atoms with Crippen molar-refractivity contribution < 1.29 is 9.50 Å². The van der Waals surface area contributed by atoms with Gasteiger partial charge in [0.25, 0.3) is 0 Å². The van der Waals surface area contributed by atoms with Gasteiger partial charge in [0.05, 0.1) is 6.61 Å². The zero-order valence-electron chi connectivity index (χ0n) is 10.6. The molecule has 1 saturated carbocycles. The van der Waals surface area contributed by atoms with Crippen LogP contribution in [0.5, 0.6) is 0 Å². The molecule has 2 rings (SSSR count). The summed E-state index contributed by atoms with van der Waals surface area (Å²) in [5, 5.41) is 9.19. The van der Waals surface area contributed by atoms with E-state index in [0.29, 0.717) is 19.1 Å². The summed E-state index contributed by atoms with van der Waals surface area (Å²) in [5.74, 6) is -0.233. The maximum Gasteiger partial charge on any atom is 0.123 e. The number of aliphatic hydroxyl groups excluding tert-OH is 1. The summed E-state index contributed by atoms with van der Waals surface area (Å²) >= 11 is 0. The van der Waals surface area contributed by atoms with Crippen molar-refractivity contribution in [2.24, 2.45) is 5.73 Å². The minimum Gasteiger partial charge on any atom is -0.395 e. The molecule has 1 aromatic rings. The number of nitrogens with zero attached hydrogens (tertiary/aromatic N) is 1. The molecule has 1 fully saturated rings. The molecule has 1 aromatic carbocycles. The fraction of sp³-hybridized carbons (Fsp3) is 0.571. The molecule has 1 aliphatic carbocycles. The predicted molar refractivity (Wildman–Crippen MR) is 69.6 cm³/mol. The van der Waals surface area contributed by atoms with E-state index in [-0.39, 0.29) is 18.5 Å². The van der Waals surface area contributed by atoms with Crippen molar-refractivity contribution in [2.75, 3.05) is 19.7 Å². The van der Waals surface area contributed by atoms with Gasteiger partial charge in [0.1, 0.15) is 5.82 Å². The van der Waals surface area contributed by atoms with Crippen LogP contribution in [0.2, 0.25) is 0 Å². The summed E-state index contributed by atoms with van der Waals surface area (Å²) in [7, 11) is 0. The molecule has 3 N–H and O–H groups in total. The van der Waals surface area contributed by atoms with E-state index in [9.17, 15) is 9.50 Å². The average molecular weight is 252 g/mol. The Labute approximate surface area is 107 Å². The van der Waals surface area contributed by atoms with Gasteiger partial charge in [0, 0.05) is 25.2 Å². The van der Waals surface area contributed by atoms with Crippen LogP contribution in [0.3, 0.4) is 0 Å². The SMILES string of the molecule is NCC(c1cccc(F)c1)N(CCO)C1CCC1. The van der Waals surface area contributed by atoms with E-state index in [0.717, 1.165) is 18.4 Å². The molecule has 0 amide bonds. The van der Waals surface area contributed by atoms with Crippen LogP contribution in [0.1, 0.15) is 30.9 Å². The highest BCUT2D eigenvalue weighted by atomic mass is 19.1. The molecule has 1 unspecified atom stereocenters. The fourth-order valence-corrected chi connectivity index (χ4v) is 2.60. The second kappa shape index (κ2) is 6.27. The normalized spacial score (nSPS) is 17.8. The Kier molecular flexibility index (Phi) is 4.69. The molecule has 0 bridgehead atoms. The standard InChI is InChI=1S/C14H21FN2O/c15-12-4-1-3-11(9-12)14(10-16)17(7-8-18)13-5-2-6-13/h1,3-4,9,13-14,18H,2,5-8,10,16H2. The first-order valence-corrected chi connectivity index (χ1v) is 6.58. The highest BCUT2D eigenvalue weighted by molar-refractivity contribution is 5.21. The predicted octanol–water partition coefficient (Wildman–Crippen LogP) is 1.67. The molecule has 4 heteroatoms. The Bertz CT molecular complexity index is 382. The Balaban J connectivity index is 2.18. The Morgan fingerprint density at radius 1 is 1.44 bits per heavy atom. The van der Waals surface area contributed by atoms with Crippen molar-refractivity contribution >= 4 is 0 Å². The molecule has 0 radical (unpaired) electrons. The summed E-state index contributed by atoms with van der Waals surface area (Å²) in [6.07, 6.45) is 3.52. The number of hydrogen-bond acceptors (Lipinski definition) is 3. The molecule has 0 saturated heterocycles. The summed E-state index contributed by atoms with van der Waals surface area (Å²) < 4.78 is 13.3. The lowest BCUT2D eigenvalue weighted by Crippen LogP contribution is -2.46. The molecule has 1 aliphatic rings. The number of nitrogens with two attached hydrogens (primary N) is 1. The van der Waals surface area contributed by atoms with Gasteiger partial charge in [-0.1, -0.05) is 18.6 Å². The first-order chi connectivity index (χ1) is 8.76. The third-order valence-corrected chi connectivity index (χ3v) is 3.76. The molecular weight excluding hydrogens is 231 g/mol. The molecule has 0 heterocycles. The number of aliphatic hydroxyl groups is 1. The largest absolute Gasteiger partial charge is 0.395 e. The van der Waals surface area contributed by atoms with Gasteiger partial charge in [-0.05, 0) is 30.5 Å². The van der Waals surface area contributed by atoms with Crippen LogP contribution in [0.4, 0.5) is 4.39 Å². The maximum absolute atomic E-state index is 13.3. The lowest BCUT2D eigenvalue weighted by atomic mass is 9.89. The van der Waals surface area contributed by atoms with E-state index in [1.165, 1.54) is 12.5 Å². The van der Waals surface area contributed by atoms with Crippen molar-refractivity contribution in [1.82, 2.24) is 4.90 Å². The van der Waals surface area contributed by atoms with Gasteiger partial charge < -0.3 is 10.8 Å². The van der Waals surface area contributed by atoms with E-state index in [1.54, 1.807) is 12.1 Å². The van der Waals surface area contributed by atoms with Gasteiger partial charge >= 0.3 is 0 Å². The zero-order chi connectivity index (χ0) is 13.0. The molecule has 1 atom stereocenters. The summed E-state index contributed by atoms with van der Waals surface area (Å²) in [6, 6.07) is 7.08. The van der Waals surface area contributed by atoms with E-state index in [1.807, 2.05) is 6.07 Å². The highest BCUT2D eigenvalue weighted by Gasteiger charge is 2.30. The quantitative estimate of drug-likeness (QED) is 0.809. The second-order valence-electron chi connectivity index (χ2n) is 4.85. The molecular formula is C14H21FN2O. The molecule has 100 valence electrons. The van der Waals surface area contributed by atoms with Gasteiger partial charge in [0.15, 0.2) is 0 Å². The number of hydrogen-bond donors (Lipinski definition) is 2. The number of benzene rings is 1. The molecule has 18 heavy (non-hydrogen) atoms. The molecule has 3 nitrogen and oxygen atoms in total. The molecule has 0 spiro atoms.